The molecule has 10 heteroatoms. The van der Waals surface area contributed by atoms with Gasteiger partial charge in [0, 0.05) is 12.5 Å². The molecule has 1 aliphatic heterocycles. The Hall–Kier alpha value is -3.32. The fourth-order valence-corrected chi connectivity index (χ4v) is 4.01. The smallest absolute Gasteiger partial charge is 0.337 e. The van der Waals surface area contributed by atoms with E-state index in [0.717, 1.165) is 18.9 Å². The van der Waals surface area contributed by atoms with E-state index < -0.39 is 29.7 Å². The maximum absolute atomic E-state index is 12.8. The van der Waals surface area contributed by atoms with E-state index in [4.69, 9.17) is 4.74 Å². The molecular formula is C22H25N3O6S. The number of hydrogen-bond donors (Lipinski definition) is 2. The highest BCUT2D eigenvalue weighted by molar-refractivity contribution is 8.03. The molecule has 1 aromatic rings. The third kappa shape index (κ3) is 5.88. The predicted molar refractivity (Wildman–Crippen MR) is 117 cm³/mol. The van der Waals surface area contributed by atoms with Crippen molar-refractivity contribution in [1.82, 2.24) is 10.6 Å². The van der Waals surface area contributed by atoms with Crippen LogP contribution in [0.25, 0.3) is 0 Å². The number of methoxy groups -OCH3 is 2. The van der Waals surface area contributed by atoms with Crippen LogP contribution in [-0.4, -0.2) is 50.3 Å². The van der Waals surface area contributed by atoms with Gasteiger partial charge in [-0.05, 0) is 23.6 Å². The summed E-state index contributed by atoms with van der Waals surface area (Å²) in [7, 11) is 2.42. The highest BCUT2D eigenvalue weighted by Crippen LogP contribution is 2.40. The van der Waals surface area contributed by atoms with Crippen molar-refractivity contribution in [2.45, 2.75) is 19.8 Å². The summed E-state index contributed by atoms with van der Waals surface area (Å²) in [5.74, 6) is -4.17. The van der Waals surface area contributed by atoms with Gasteiger partial charge in [-0.3, -0.25) is 14.4 Å². The quantitative estimate of drug-likeness (QED) is 0.443. The third-order valence-corrected chi connectivity index (χ3v) is 5.75. The molecule has 32 heavy (non-hydrogen) atoms. The number of ether oxygens (including phenoxy) is 2. The van der Waals surface area contributed by atoms with Gasteiger partial charge in [0.1, 0.15) is 5.92 Å². The Balaban J connectivity index is 2.41. The number of allylic oxidation sites excluding steroid dienone is 1. The second-order valence-corrected chi connectivity index (χ2v) is 8.41. The monoisotopic (exact) mass is 459 g/mol. The van der Waals surface area contributed by atoms with Crippen molar-refractivity contribution >= 4 is 35.5 Å². The molecule has 2 rings (SSSR count). The molecule has 1 aliphatic rings. The third-order valence-electron chi connectivity index (χ3n) is 4.73. The zero-order valence-corrected chi connectivity index (χ0v) is 19.1. The number of carbonyl (C=O) groups excluding carboxylic acids is 4. The average molecular weight is 460 g/mol. The molecule has 0 bridgehead atoms. The Labute approximate surface area is 190 Å². The van der Waals surface area contributed by atoms with Crippen LogP contribution in [0.2, 0.25) is 0 Å². The second kappa shape index (κ2) is 11.3. The van der Waals surface area contributed by atoms with Crippen LogP contribution in [-0.2, 0) is 23.9 Å². The maximum Gasteiger partial charge on any atom is 0.337 e. The van der Waals surface area contributed by atoms with Crippen LogP contribution < -0.4 is 10.6 Å². The summed E-state index contributed by atoms with van der Waals surface area (Å²) in [5.41, 5.74) is 0.888. The second-order valence-electron chi connectivity index (χ2n) is 7.42. The summed E-state index contributed by atoms with van der Waals surface area (Å²) in [6.07, 6.45) is 0. The first-order valence-electron chi connectivity index (χ1n) is 9.84. The topological polar surface area (TPSA) is 135 Å². The molecule has 0 unspecified atom stereocenters. The Morgan fingerprint density at radius 2 is 1.84 bits per heavy atom. The van der Waals surface area contributed by atoms with E-state index in [9.17, 15) is 24.4 Å². The van der Waals surface area contributed by atoms with E-state index in [1.807, 2.05) is 13.8 Å². The number of thioether (sulfide) groups is 1. The highest BCUT2D eigenvalue weighted by Gasteiger charge is 2.44. The summed E-state index contributed by atoms with van der Waals surface area (Å²) >= 11 is 1.01. The van der Waals surface area contributed by atoms with Gasteiger partial charge in [-0.2, -0.15) is 5.26 Å². The standard InChI is InChI=1S/C22H25N3O6S/c1-12(2)10-24-16(26)11-32-20-15(9-23)17(18(19(27)25-20)22(29)31-4)13-5-7-14(8-6-13)21(28)30-3/h5-8,12,17-18H,10-11H2,1-4H3,(H,24,26)(H,25,27)/t17-,18+/m1/s1. The van der Waals surface area contributed by atoms with Crippen molar-refractivity contribution in [3.05, 3.63) is 46.0 Å². The molecule has 0 saturated heterocycles. The van der Waals surface area contributed by atoms with Gasteiger partial charge in [0.05, 0.1) is 42.2 Å². The minimum Gasteiger partial charge on any atom is -0.468 e. The number of nitrogens with one attached hydrogen (secondary N) is 2. The Bertz CT molecular complexity index is 965. The molecule has 1 aromatic carbocycles. The summed E-state index contributed by atoms with van der Waals surface area (Å²) in [6, 6.07) is 8.16. The lowest BCUT2D eigenvalue weighted by Gasteiger charge is -2.31. The molecule has 0 saturated carbocycles. The van der Waals surface area contributed by atoms with Gasteiger partial charge in [-0.15, -0.1) is 0 Å². The van der Waals surface area contributed by atoms with Gasteiger partial charge in [-0.1, -0.05) is 37.7 Å². The van der Waals surface area contributed by atoms with E-state index in [-0.39, 0.29) is 33.7 Å². The molecule has 0 radical (unpaired) electrons. The van der Waals surface area contributed by atoms with Gasteiger partial charge in [0.25, 0.3) is 0 Å². The molecule has 170 valence electrons. The van der Waals surface area contributed by atoms with Crippen molar-refractivity contribution in [3.63, 3.8) is 0 Å². The minimum absolute atomic E-state index is 0.00952. The lowest BCUT2D eigenvalue weighted by molar-refractivity contribution is -0.150. The number of hydrogen-bond acceptors (Lipinski definition) is 8. The zero-order valence-electron chi connectivity index (χ0n) is 18.3. The van der Waals surface area contributed by atoms with Crippen LogP contribution in [0.3, 0.4) is 0 Å². The maximum atomic E-state index is 12.8. The summed E-state index contributed by atoms with van der Waals surface area (Å²) in [4.78, 5) is 49.0. The largest absolute Gasteiger partial charge is 0.468 e. The summed E-state index contributed by atoms with van der Waals surface area (Å²) < 4.78 is 9.48. The van der Waals surface area contributed by atoms with Crippen LogP contribution in [0.4, 0.5) is 0 Å². The van der Waals surface area contributed by atoms with Crippen molar-refractivity contribution in [2.75, 3.05) is 26.5 Å². The molecule has 2 amide bonds. The number of amides is 2. The molecule has 0 spiro atoms. The van der Waals surface area contributed by atoms with Gasteiger partial charge >= 0.3 is 11.9 Å². The van der Waals surface area contributed by atoms with Crippen LogP contribution in [0, 0.1) is 23.2 Å². The highest BCUT2D eigenvalue weighted by atomic mass is 32.2. The number of benzene rings is 1. The van der Waals surface area contributed by atoms with Crippen molar-refractivity contribution in [1.29, 1.82) is 5.26 Å². The van der Waals surface area contributed by atoms with Gasteiger partial charge in [0.15, 0.2) is 0 Å². The van der Waals surface area contributed by atoms with E-state index in [1.54, 1.807) is 12.1 Å². The van der Waals surface area contributed by atoms with Crippen LogP contribution >= 0.6 is 11.8 Å². The molecule has 1 heterocycles. The van der Waals surface area contributed by atoms with E-state index in [1.165, 1.54) is 19.2 Å². The fourth-order valence-electron chi connectivity index (χ4n) is 3.13. The van der Waals surface area contributed by atoms with Gasteiger partial charge in [0.2, 0.25) is 11.8 Å². The van der Waals surface area contributed by atoms with Gasteiger partial charge in [-0.25, -0.2) is 4.79 Å². The molecule has 9 nitrogen and oxygen atoms in total. The van der Waals surface area contributed by atoms with Gasteiger partial charge < -0.3 is 20.1 Å². The van der Waals surface area contributed by atoms with Crippen molar-refractivity contribution < 1.29 is 28.7 Å². The van der Waals surface area contributed by atoms with E-state index in [0.29, 0.717) is 12.1 Å². The number of esters is 2. The molecule has 2 N–H and O–H groups in total. The number of carbonyl (C=O) groups is 4. The normalized spacial score (nSPS) is 17.9. The lowest BCUT2D eigenvalue weighted by atomic mass is 9.78. The van der Waals surface area contributed by atoms with Crippen molar-refractivity contribution in [2.24, 2.45) is 11.8 Å². The van der Waals surface area contributed by atoms with Crippen LogP contribution in [0.5, 0.6) is 0 Å². The van der Waals surface area contributed by atoms with Crippen LogP contribution in [0.1, 0.15) is 35.7 Å². The SMILES string of the molecule is COC(=O)c1ccc([C@@H]2C(C#N)=C(SCC(=O)NCC(C)C)NC(=O)[C@H]2C(=O)OC)cc1. The number of nitriles is 1. The first kappa shape index (κ1) is 24.9. The molecule has 0 aliphatic carbocycles. The Morgan fingerprint density at radius 3 is 2.38 bits per heavy atom. The zero-order chi connectivity index (χ0) is 23.8. The Kier molecular flexibility index (Phi) is 8.84. The molecule has 2 atom stereocenters. The van der Waals surface area contributed by atoms with E-state index in [2.05, 4.69) is 21.4 Å². The predicted octanol–water partition coefficient (Wildman–Crippen LogP) is 1.72. The number of nitrogens with zero attached hydrogens (tertiary/aromatic N) is 1. The molecule has 0 aromatic heterocycles. The van der Waals surface area contributed by atoms with Crippen molar-refractivity contribution in [3.8, 4) is 6.07 Å². The first-order chi connectivity index (χ1) is 15.2. The summed E-state index contributed by atoms with van der Waals surface area (Å²) in [6.45, 7) is 4.44. The molecular weight excluding hydrogens is 434 g/mol. The fraction of sp³-hybridized carbons (Fsp3) is 0.409. The van der Waals surface area contributed by atoms with Crippen LogP contribution in [0.15, 0.2) is 34.9 Å². The minimum atomic E-state index is -1.29. The lowest BCUT2D eigenvalue weighted by Crippen LogP contribution is -2.44. The molecule has 0 fully saturated rings. The number of rotatable bonds is 8. The average Bonchev–Trinajstić information content (AvgIpc) is 2.79. The summed E-state index contributed by atoms with van der Waals surface area (Å²) in [5, 5.41) is 15.4. The Morgan fingerprint density at radius 1 is 1.19 bits per heavy atom. The first-order valence-corrected chi connectivity index (χ1v) is 10.8. The van der Waals surface area contributed by atoms with E-state index >= 15 is 0 Å².